The highest BCUT2D eigenvalue weighted by Gasteiger charge is 2.25. The van der Waals surface area contributed by atoms with Crippen molar-refractivity contribution in [3.8, 4) is 89.0 Å². The molecular formula is C120H64F4N6OS5. The van der Waals surface area contributed by atoms with Crippen LogP contribution in [0.4, 0.5) is 17.6 Å². The minimum absolute atomic E-state index is 0.0982. The number of para-hydroxylation sites is 1. The fourth-order valence-electron chi connectivity index (χ4n) is 19.8. The molecule has 17 aromatic carbocycles. The largest absolute Gasteiger partial charge is 0.456 e. The zero-order valence-electron chi connectivity index (χ0n) is 71.6. The average molecular weight is 1840 g/mol. The van der Waals surface area contributed by atoms with Crippen molar-refractivity contribution >= 4 is 245 Å². The maximum absolute atomic E-state index is 15.8. The van der Waals surface area contributed by atoms with E-state index in [0.717, 1.165) is 131 Å². The van der Waals surface area contributed by atoms with Crippen molar-refractivity contribution in [2.24, 2.45) is 0 Å². The first-order valence-corrected chi connectivity index (χ1v) is 48.6. The third kappa shape index (κ3) is 13.2. The monoisotopic (exact) mass is 1840 g/mol. The first-order valence-electron chi connectivity index (χ1n) is 44.5. The highest BCUT2D eigenvalue weighted by Crippen LogP contribution is 2.48. The Hall–Kier alpha value is -16.2. The van der Waals surface area contributed by atoms with E-state index in [-0.39, 0.29) is 21.5 Å². The van der Waals surface area contributed by atoms with Crippen LogP contribution in [0.25, 0.3) is 277 Å². The predicted octanol–water partition coefficient (Wildman–Crippen LogP) is 36.0. The number of pyridine rings is 6. The fourth-order valence-corrected chi connectivity index (χ4v) is 25.5. The summed E-state index contributed by atoms with van der Waals surface area (Å²) in [6.45, 7) is 0. The smallest absolute Gasteiger partial charge is 0.169 e. The second-order valence-electron chi connectivity index (χ2n) is 34.3. The van der Waals surface area contributed by atoms with Crippen molar-refractivity contribution in [2.75, 3.05) is 0 Å². The summed E-state index contributed by atoms with van der Waals surface area (Å²) in [6.07, 6.45) is 10.8. The van der Waals surface area contributed by atoms with Gasteiger partial charge in [-0.05, 0) is 166 Å². The molecule has 0 N–H and O–H groups in total. The number of benzene rings is 17. The summed E-state index contributed by atoms with van der Waals surface area (Å²) >= 11 is 8.83. The number of hydrogen-bond donors (Lipinski definition) is 0. The van der Waals surface area contributed by atoms with Crippen LogP contribution in [-0.2, 0) is 0 Å². The Labute approximate surface area is 791 Å². The summed E-state index contributed by atoms with van der Waals surface area (Å²) in [4.78, 5) is 28.4. The molecule has 638 valence electrons. The van der Waals surface area contributed by atoms with Gasteiger partial charge in [-0.2, -0.15) is 0 Å². The normalized spacial score (nSPS) is 12.0. The van der Waals surface area contributed by atoms with Gasteiger partial charge in [-0.15, -0.1) is 56.7 Å². The molecule has 0 atom stereocenters. The molecule has 0 radical (unpaired) electrons. The van der Waals surface area contributed by atoms with Gasteiger partial charge in [0.15, 0.2) is 23.3 Å². The average Bonchev–Trinajstić information content (AvgIpc) is 1.02. The molecule has 0 aliphatic rings. The van der Waals surface area contributed by atoms with Gasteiger partial charge in [-0.1, -0.05) is 231 Å². The molecule has 0 saturated heterocycles. The number of aromatic nitrogens is 6. The van der Waals surface area contributed by atoms with E-state index in [9.17, 15) is 0 Å². The van der Waals surface area contributed by atoms with Crippen LogP contribution in [0.3, 0.4) is 0 Å². The van der Waals surface area contributed by atoms with Gasteiger partial charge in [-0.25, -0.2) is 17.6 Å². The second-order valence-corrected chi connectivity index (χ2v) is 39.7. The van der Waals surface area contributed by atoms with E-state index in [2.05, 4.69) is 238 Å². The summed E-state index contributed by atoms with van der Waals surface area (Å²) < 4.78 is 81.1. The Kier molecular flexibility index (Phi) is 18.6. The highest BCUT2D eigenvalue weighted by molar-refractivity contribution is 7.27. The van der Waals surface area contributed by atoms with Crippen LogP contribution in [0.5, 0.6) is 0 Å². The standard InChI is InChI=1S/C48H28N2S2.C36H18F2N2OS.C36H18F2N2S2/c1-3-7-43-39(5-1)41-25-33(19-21-45(41)51-43)29-9-13-31(14-10-29)37-23-35-17-18-36-24-38(28-50-48(36)47(35)49-27-37)32-15-11-30(12-16-32)34-20-22-46-42(26-34)40-6-2-4-8-44(40)52-46;37-33-27-15-21(19-9-11-30-25(13-19)23-5-1-3-7-29(23)41-30)17-39-35(27)36-28(34(33)38)16-22(18-40-36)20-10-12-32-26(14-20)24-6-2-4-8-31(24)42-32;37-31-27-15-19(21-9-5-11-25-23-7-1-3-13-29(23)41-35(21)25)17-39-33(27)34-28(32(31)38)16-20(18-40-34)22-10-6-12-26-24-8-2-4-14-30(24)42-36(22)26/h1-28H;2*1-18H. The highest BCUT2D eigenvalue weighted by atomic mass is 32.1. The van der Waals surface area contributed by atoms with Gasteiger partial charge >= 0.3 is 0 Å². The van der Waals surface area contributed by atoms with Crippen molar-refractivity contribution in [3.05, 3.63) is 412 Å². The van der Waals surface area contributed by atoms with Gasteiger partial charge in [0.1, 0.15) is 11.2 Å². The summed E-state index contributed by atoms with van der Waals surface area (Å²) in [5.41, 5.74) is 20.7. The number of hydrogen-bond acceptors (Lipinski definition) is 12. The predicted molar refractivity (Wildman–Crippen MR) is 566 cm³/mol. The zero-order valence-corrected chi connectivity index (χ0v) is 75.7. The van der Waals surface area contributed by atoms with Crippen molar-refractivity contribution in [1.82, 2.24) is 29.9 Å². The van der Waals surface area contributed by atoms with E-state index in [1.807, 2.05) is 144 Å². The molecule has 0 aliphatic carbocycles. The Morgan fingerprint density at radius 1 is 0.169 bits per heavy atom. The van der Waals surface area contributed by atoms with Gasteiger partial charge in [0, 0.05) is 226 Å². The number of halogens is 4. The Morgan fingerprint density at radius 2 is 0.426 bits per heavy atom. The van der Waals surface area contributed by atoms with Gasteiger partial charge < -0.3 is 4.42 Å². The Balaban J connectivity index is 0.000000104. The minimum atomic E-state index is -0.931. The lowest BCUT2D eigenvalue weighted by Crippen LogP contribution is -1.96. The molecular weight excluding hydrogens is 1780 g/mol. The molecule has 0 fully saturated rings. The van der Waals surface area contributed by atoms with E-state index in [1.165, 1.54) is 97.6 Å². The molecule has 7 nitrogen and oxygen atoms in total. The van der Waals surface area contributed by atoms with Crippen molar-refractivity contribution in [2.45, 2.75) is 0 Å². The van der Waals surface area contributed by atoms with E-state index < -0.39 is 23.3 Å². The van der Waals surface area contributed by atoms with Crippen LogP contribution >= 0.6 is 56.7 Å². The molecule has 16 heteroatoms. The molecule has 136 heavy (non-hydrogen) atoms. The number of nitrogens with zero attached hydrogens (tertiary/aromatic N) is 6. The van der Waals surface area contributed by atoms with Crippen LogP contribution < -0.4 is 0 Å². The SMILES string of the molecule is Fc1c(F)c2cc(-c3ccc4sc5ccccc5c4c3)cnc2c2ncc(-c3ccc4oc5ccccc5c4c3)cc12.Fc1c(F)c2cc(-c3cccc4c3sc3ccccc34)cnc2c2ncc(-c3cccc4c3sc3ccccc34)cc12.c1ccc2c(c1)sc1ccc(-c3ccc(-c4cnc5c(ccc6cc(-c7ccc(-c8ccc9sc%10ccccc%10c9c8)cc7)cnc65)c4)cc3)cc12. The Morgan fingerprint density at radius 3 is 0.816 bits per heavy atom. The fraction of sp³-hybridized carbons (Fsp3) is 0. The topological polar surface area (TPSA) is 90.5 Å². The van der Waals surface area contributed by atoms with Crippen LogP contribution in [0.2, 0.25) is 0 Å². The third-order valence-corrected chi connectivity index (χ3v) is 32.4. The van der Waals surface area contributed by atoms with Crippen molar-refractivity contribution in [1.29, 1.82) is 0 Å². The number of rotatable bonds is 8. The Bertz CT molecular complexity index is 9550. The summed E-state index contributed by atoms with van der Waals surface area (Å²) in [6, 6.07) is 121. The first-order chi connectivity index (χ1) is 67.0. The summed E-state index contributed by atoms with van der Waals surface area (Å²) in [7, 11) is 0. The summed E-state index contributed by atoms with van der Waals surface area (Å²) in [5, 5.41) is 16.8. The van der Waals surface area contributed by atoms with Crippen LogP contribution in [-0.4, -0.2) is 29.9 Å². The second kappa shape index (κ2) is 31.8. The minimum Gasteiger partial charge on any atom is -0.456 e. The van der Waals surface area contributed by atoms with Crippen LogP contribution in [0.15, 0.2) is 393 Å². The maximum Gasteiger partial charge on any atom is 0.169 e. The molecule has 29 aromatic rings. The molecule has 0 spiro atoms. The molecule has 0 aliphatic heterocycles. The number of thiophene rings is 5. The quantitative estimate of drug-likeness (QED) is 0.111. The summed E-state index contributed by atoms with van der Waals surface area (Å²) in [5.74, 6) is -3.67. The lowest BCUT2D eigenvalue weighted by molar-refractivity contribution is 0.525. The van der Waals surface area contributed by atoms with E-state index in [0.29, 0.717) is 27.6 Å². The zero-order chi connectivity index (χ0) is 90.1. The lowest BCUT2D eigenvalue weighted by atomic mass is 9.98. The van der Waals surface area contributed by atoms with Gasteiger partial charge in [-0.3, -0.25) is 29.9 Å². The van der Waals surface area contributed by atoms with Crippen molar-refractivity contribution in [3.63, 3.8) is 0 Å². The van der Waals surface area contributed by atoms with Crippen LogP contribution in [0.1, 0.15) is 0 Å². The molecule has 0 saturated carbocycles. The number of furan rings is 1. The van der Waals surface area contributed by atoms with E-state index >= 15 is 17.6 Å². The van der Waals surface area contributed by atoms with Gasteiger partial charge in [0.05, 0.1) is 33.1 Å². The molecule has 0 unspecified atom stereocenters. The maximum atomic E-state index is 15.8. The first kappa shape index (κ1) is 79.6. The number of fused-ring (bicyclic) bond motifs is 27. The van der Waals surface area contributed by atoms with E-state index in [1.54, 1.807) is 83.1 Å². The molecule has 12 heterocycles. The molecule has 0 amide bonds. The third-order valence-electron chi connectivity index (χ3n) is 26.5. The molecule has 0 bridgehead atoms. The molecule has 12 aromatic heterocycles. The van der Waals surface area contributed by atoms with Gasteiger partial charge in [0.25, 0.3) is 0 Å². The van der Waals surface area contributed by atoms with Crippen LogP contribution in [0, 0.1) is 23.3 Å². The lowest BCUT2D eigenvalue weighted by Gasteiger charge is -2.11. The van der Waals surface area contributed by atoms with Gasteiger partial charge in [0.2, 0.25) is 0 Å². The molecule has 29 rings (SSSR count). The van der Waals surface area contributed by atoms with E-state index in [4.69, 9.17) is 14.4 Å². The van der Waals surface area contributed by atoms with Crippen molar-refractivity contribution < 1.29 is 22.0 Å².